The second kappa shape index (κ2) is 7.95. The van der Waals surface area contributed by atoms with E-state index in [9.17, 15) is 14.4 Å². The summed E-state index contributed by atoms with van der Waals surface area (Å²) in [5.41, 5.74) is 2.54. The van der Waals surface area contributed by atoms with Crippen LogP contribution in [-0.4, -0.2) is 35.5 Å². The molecule has 0 spiro atoms. The van der Waals surface area contributed by atoms with Crippen molar-refractivity contribution in [2.24, 2.45) is 5.92 Å². The van der Waals surface area contributed by atoms with Crippen LogP contribution in [0.15, 0.2) is 18.2 Å². The summed E-state index contributed by atoms with van der Waals surface area (Å²) >= 11 is 0. The van der Waals surface area contributed by atoms with Gasteiger partial charge >= 0.3 is 5.97 Å². The highest BCUT2D eigenvalue weighted by Gasteiger charge is 2.26. The van der Waals surface area contributed by atoms with E-state index in [4.69, 9.17) is 5.11 Å². The fraction of sp³-hybridized carbons (Fsp3) is 0.500. The molecule has 0 atom stereocenters. The van der Waals surface area contributed by atoms with Crippen molar-refractivity contribution < 1.29 is 19.5 Å². The predicted octanol–water partition coefficient (Wildman–Crippen LogP) is 1.79. The number of aryl methyl sites for hydroxylation is 2. The maximum absolute atomic E-state index is 12.1. The lowest BCUT2D eigenvalue weighted by molar-refractivity contribution is -0.142. The van der Waals surface area contributed by atoms with E-state index in [0.29, 0.717) is 31.2 Å². The Kier molecular flexibility index (Phi) is 5.95. The van der Waals surface area contributed by atoms with E-state index in [0.717, 1.165) is 11.1 Å². The molecule has 0 heterocycles. The van der Waals surface area contributed by atoms with Crippen LogP contribution in [0.1, 0.15) is 47.2 Å². The molecular formula is C18H24N2O4. The smallest absolute Gasteiger partial charge is 0.306 e. The average Bonchev–Trinajstić information content (AvgIpc) is 2.52. The number of carbonyl (C=O) groups excluding carboxylic acids is 2. The van der Waals surface area contributed by atoms with Crippen LogP contribution in [0.4, 0.5) is 0 Å². The molecular weight excluding hydrogens is 308 g/mol. The molecule has 0 aromatic heterocycles. The fourth-order valence-electron chi connectivity index (χ4n) is 3.13. The number of amides is 2. The molecule has 1 aliphatic carbocycles. The second-order valence-corrected chi connectivity index (χ2v) is 6.51. The quantitative estimate of drug-likeness (QED) is 0.766. The Morgan fingerprint density at radius 1 is 1.04 bits per heavy atom. The molecule has 1 saturated carbocycles. The Morgan fingerprint density at radius 2 is 1.62 bits per heavy atom. The van der Waals surface area contributed by atoms with Gasteiger partial charge in [-0.25, -0.2) is 0 Å². The van der Waals surface area contributed by atoms with Crippen LogP contribution in [0.3, 0.4) is 0 Å². The third-order valence-electron chi connectivity index (χ3n) is 4.33. The average molecular weight is 332 g/mol. The van der Waals surface area contributed by atoms with E-state index in [1.54, 1.807) is 12.1 Å². The maximum atomic E-state index is 12.1. The lowest BCUT2D eigenvalue weighted by atomic mass is 9.86. The fourth-order valence-corrected chi connectivity index (χ4v) is 3.13. The van der Waals surface area contributed by atoms with Gasteiger partial charge in [-0.1, -0.05) is 17.2 Å². The number of benzene rings is 1. The normalized spacial score (nSPS) is 20.2. The van der Waals surface area contributed by atoms with Crippen LogP contribution in [-0.2, 0) is 9.59 Å². The molecule has 0 bridgehead atoms. The number of carboxylic acids is 1. The molecule has 0 unspecified atom stereocenters. The van der Waals surface area contributed by atoms with Gasteiger partial charge in [-0.05, 0) is 51.7 Å². The summed E-state index contributed by atoms with van der Waals surface area (Å²) in [5.74, 6) is -1.58. The maximum Gasteiger partial charge on any atom is 0.306 e. The molecule has 2 rings (SSSR count). The summed E-state index contributed by atoms with van der Waals surface area (Å²) in [6.45, 7) is 3.76. The molecule has 24 heavy (non-hydrogen) atoms. The highest BCUT2D eigenvalue weighted by molar-refractivity contribution is 5.96. The standard InChI is InChI=1S/C18H24N2O4/c1-11-7-12(2)9-14(8-11)17(22)19-10-16(21)20-15-5-3-13(4-6-15)18(23)24/h7-9,13,15H,3-6,10H2,1-2H3,(H,19,22)(H,20,21)(H,23,24). The van der Waals surface area contributed by atoms with Crippen molar-refractivity contribution >= 4 is 17.8 Å². The summed E-state index contributed by atoms with van der Waals surface area (Å²) in [5, 5.41) is 14.5. The Balaban J connectivity index is 1.77. The first-order valence-electron chi connectivity index (χ1n) is 8.24. The first kappa shape index (κ1) is 18.0. The van der Waals surface area contributed by atoms with Crippen LogP contribution < -0.4 is 10.6 Å². The van der Waals surface area contributed by atoms with Gasteiger partial charge in [-0.3, -0.25) is 14.4 Å². The third kappa shape index (κ3) is 5.08. The highest BCUT2D eigenvalue weighted by Crippen LogP contribution is 2.24. The van der Waals surface area contributed by atoms with Gasteiger partial charge in [0.25, 0.3) is 5.91 Å². The molecule has 6 nitrogen and oxygen atoms in total. The van der Waals surface area contributed by atoms with Crippen molar-refractivity contribution in [3.63, 3.8) is 0 Å². The van der Waals surface area contributed by atoms with Gasteiger partial charge in [0.2, 0.25) is 5.91 Å². The van der Waals surface area contributed by atoms with E-state index in [-0.39, 0.29) is 30.3 Å². The molecule has 1 aromatic carbocycles. The zero-order valence-corrected chi connectivity index (χ0v) is 14.1. The summed E-state index contributed by atoms with van der Waals surface area (Å²) in [6, 6.07) is 5.55. The summed E-state index contributed by atoms with van der Waals surface area (Å²) in [4.78, 5) is 35.0. The van der Waals surface area contributed by atoms with E-state index < -0.39 is 5.97 Å². The number of carbonyl (C=O) groups is 3. The monoisotopic (exact) mass is 332 g/mol. The number of nitrogens with one attached hydrogen (secondary N) is 2. The zero-order chi connectivity index (χ0) is 17.7. The lowest BCUT2D eigenvalue weighted by Gasteiger charge is -2.26. The van der Waals surface area contributed by atoms with Gasteiger partial charge in [0.05, 0.1) is 12.5 Å². The van der Waals surface area contributed by atoms with E-state index >= 15 is 0 Å². The van der Waals surface area contributed by atoms with Crippen molar-refractivity contribution in [2.75, 3.05) is 6.54 Å². The summed E-state index contributed by atoms with van der Waals surface area (Å²) in [7, 11) is 0. The first-order chi connectivity index (χ1) is 11.3. The number of hydrogen-bond acceptors (Lipinski definition) is 3. The molecule has 0 aliphatic heterocycles. The lowest BCUT2D eigenvalue weighted by Crippen LogP contribution is -2.43. The number of rotatable bonds is 5. The van der Waals surface area contributed by atoms with Crippen molar-refractivity contribution in [1.82, 2.24) is 10.6 Å². The molecule has 6 heteroatoms. The van der Waals surface area contributed by atoms with Gasteiger partial charge in [-0.15, -0.1) is 0 Å². The van der Waals surface area contributed by atoms with E-state index in [1.165, 1.54) is 0 Å². The van der Waals surface area contributed by atoms with Crippen LogP contribution in [0.5, 0.6) is 0 Å². The van der Waals surface area contributed by atoms with Crippen molar-refractivity contribution in [3.05, 3.63) is 34.9 Å². The van der Waals surface area contributed by atoms with E-state index in [2.05, 4.69) is 10.6 Å². The molecule has 1 aliphatic rings. The highest BCUT2D eigenvalue weighted by atomic mass is 16.4. The molecule has 2 amide bonds. The Bertz CT molecular complexity index is 614. The van der Waals surface area contributed by atoms with Gasteiger partial charge in [0.15, 0.2) is 0 Å². The molecule has 1 aromatic rings. The summed E-state index contributed by atoms with van der Waals surface area (Å²) < 4.78 is 0. The second-order valence-electron chi connectivity index (χ2n) is 6.51. The predicted molar refractivity (Wildman–Crippen MR) is 89.8 cm³/mol. The van der Waals surface area contributed by atoms with Gasteiger partial charge in [0, 0.05) is 11.6 Å². The van der Waals surface area contributed by atoms with Gasteiger partial charge in [0.1, 0.15) is 0 Å². The molecule has 3 N–H and O–H groups in total. The molecule has 130 valence electrons. The first-order valence-corrected chi connectivity index (χ1v) is 8.24. The largest absolute Gasteiger partial charge is 0.481 e. The third-order valence-corrected chi connectivity index (χ3v) is 4.33. The SMILES string of the molecule is Cc1cc(C)cc(C(=O)NCC(=O)NC2CCC(C(=O)O)CC2)c1. The van der Waals surface area contributed by atoms with Crippen LogP contribution >= 0.6 is 0 Å². The molecule has 1 fully saturated rings. The van der Waals surface area contributed by atoms with Crippen LogP contribution in [0.25, 0.3) is 0 Å². The summed E-state index contributed by atoms with van der Waals surface area (Å²) in [6.07, 6.45) is 2.48. The van der Waals surface area contributed by atoms with Crippen molar-refractivity contribution in [2.45, 2.75) is 45.6 Å². The number of aliphatic carboxylic acids is 1. The number of hydrogen-bond donors (Lipinski definition) is 3. The Hall–Kier alpha value is -2.37. The van der Waals surface area contributed by atoms with Crippen LogP contribution in [0, 0.1) is 19.8 Å². The van der Waals surface area contributed by atoms with Crippen molar-refractivity contribution in [3.8, 4) is 0 Å². The molecule has 0 radical (unpaired) electrons. The van der Waals surface area contributed by atoms with E-state index in [1.807, 2.05) is 19.9 Å². The van der Waals surface area contributed by atoms with Gasteiger partial charge in [-0.2, -0.15) is 0 Å². The number of carboxylic acid groups (broad SMARTS) is 1. The Labute approximate surface area is 141 Å². The molecule has 0 saturated heterocycles. The Morgan fingerprint density at radius 3 is 2.17 bits per heavy atom. The minimum absolute atomic E-state index is 0.00813. The minimum atomic E-state index is -0.763. The van der Waals surface area contributed by atoms with Crippen molar-refractivity contribution in [1.29, 1.82) is 0 Å². The van der Waals surface area contributed by atoms with Gasteiger partial charge < -0.3 is 15.7 Å². The van der Waals surface area contributed by atoms with Crippen LogP contribution in [0.2, 0.25) is 0 Å². The topological polar surface area (TPSA) is 95.5 Å². The zero-order valence-electron chi connectivity index (χ0n) is 14.1. The minimum Gasteiger partial charge on any atom is -0.481 e.